The van der Waals surface area contributed by atoms with Crippen molar-refractivity contribution in [3.8, 4) is 21.8 Å². The molecule has 4 aromatic heterocycles. The van der Waals surface area contributed by atoms with E-state index < -0.39 is 0 Å². The summed E-state index contributed by atoms with van der Waals surface area (Å²) >= 11 is 1.65. The van der Waals surface area contributed by atoms with Gasteiger partial charge in [-0.1, -0.05) is 19.9 Å². The largest absolute Gasteiger partial charge is 0.363 e. The summed E-state index contributed by atoms with van der Waals surface area (Å²) in [5, 5.41) is 6.52. The van der Waals surface area contributed by atoms with Crippen LogP contribution >= 0.6 is 11.3 Å². The van der Waals surface area contributed by atoms with Crippen LogP contribution in [0.2, 0.25) is 0 Å². The summed E-state index contributed by atoms with van der Waals surface area (Å²) in [4.78, 5) is 28.3. The molecule has 0 aliphatic carbocycles. The Kier molecular flexibility index (Phi) is 7.38. The highest BCUT2D eigenvalue weighted by atomic mass is 32.1. The summed E-state index contributed by atoms with van der Waals surface area (Å²) in [6, 6.07) is 10.2. The zero-order valence-corrected chi connectivity index (χ0v) is 21.3. The van der Waals surface area contributed by atoms with E-state index in [9.17, 15) is 4.79 Å². The Bertz CT molecular complexity index is 1260. The van der Waals surface area contributed by atoms with Crippen molar-refractivity contribution in [1.82, 2.24) is 24.5 Å². The summed E-state index contributed by atoms with van der Waals surface area (Å²) < 4.78 is 1.75. The summed E-state index contributed by atoms with van der Waals surface area (Å²) in [6.07, 6.45) is 5.03. The van der Waals surface area contributed by atoms with Crippen LogP contribution in [0.1, 0.15) is 44.0 Å². The number of hydrogen-bond acceptors (Lipinski definition) is 7. The van der Waals surface area contributed by atoms with Gasteiger partial charge in [0.25, 0.3) is 0 Å². The molecule has 0 N–H and O–H groups in total. The van der Waals surface area contributed by atoms with E-state index >= 15 is 0 Å². The van der Waals surface area contributed by atoms with E-state index in [4.69, 9.17) is 9.97 Å². The molecular formula is C26H32N6OS. The molecule has 0 spiro atoms. The molecule has 34 heavy (non-hydrogen) atoms. The minimum Gasteiger partial charge on any atom is -0.363 e. The van der Waals surface area contributed by atoms with Crippen LogP contribution in [0, 0.1) is 0 Å². The quantitative estimate of drug-likeness (QED) is 0.290. The van der Waals surface area contributed by atoms with Gasteiger partial charge in [-0.05, 0) is 56.1 Å². The topological polar surface area (TPSA) is 66.6 Å². The van der Waals surface area contributed by atoms with Gasteiger partial charge in [0.1, 0.15) is 5.82 Å². The second kappa shape index (κ2) is 10.4. The fraction of sp³-hybridized carbons (Fsp3) is 0.385. The lowest BCUT2D eigenvalue weighted by molar-refractivity contribution is 0.0964. The molecule has 0 fully saturated rings. The van der Waals surface area contributed by atoms with Crippen LogP contribution in [0.25, 0.3) is 27.5 Å². The van der Waals surface area contributed by atoms with Gasteiger partial charge in [0, 0.05) is 38.3 Å². The van der Waals surface area contributed by atoms with Crippen molar-refractivity contribution in [2.45, 2.75) is 39.7 Å². The molecule has 0 aromatic carbocycles. The molecule has 0 radical (unpaired) electrons. The molecule has 4 aromatic rings. The van der Waals surface area contributed by atoms with Crippen molar-refractivity contribution < 1.29 is 4.79 Å². The second-order valence-electron chi connectivity index (χ2n) is 8.64. The number of nitrogens with zero attached hydrogens (tertiary/aromatic N) is 6. The molecule has 0 unspecified atom stereocenters. The van der Waals surface area contributed by atoms with Gasteiger partial charge in [0.05, 0.1) is 28.0 Å². The summed E-state index contributed by atoms with van der Waals surface area (Å²) in [5.74, 6) is 0.876. The number of fused-ring (bicyclic) bond motifs is 1. The van der Waals surface area contributed by atoms with Crippen molar-refractivity contribution >= 4 is 28.6 Å². The first kappa shape index (κ1) is 24.0. The number of pyridine rings is 1. The normalized spacial score (nSPS) is 12.4. The molecule has 178 valence electrons. The van der Waals surface area contributed by atoms with Crippen LogP contribution in [-0.2, 0) is 0 Å². The highest BCUT2D eigenvalue weighted by Crippen LogP contribution is 2.29. The van der Waals surface area contributed by atoms with Gasteiger partial charge >= 0.3 is 0 Å². The molecule has 0 amide bonds. The molecule has 1 atom stereocenters. The second-order valence-corrected chi connectivity index (χ2v) is 9.59. The van der Waals surface area contributed by atoms with E-state index in [1.807, 2.05) is 54.8 Å². The summed E-state index contributed by atoms with van der Waals surface area (Å²) in [7, 11) is 3.87. The van der Waals surface area contributed by atoms with Crippen molar-refractivity contribution in [3.05, 3.63) is 53.7 Å². The van der Waals surface area contributed by atoms with E-state index in [1.54, 1.807) is 22.0 Å². The molecule has 0 saturated heterocycles. The lowest BCUT2D eigenvalue weighted by Crippen LogP contribution is -2.33. The number of carbonyl (C=O) groups is 1. The van der Waals surface area contributed by atoms with Crippen molar-refractivity contribution in [2.24, 2.45) is 0 Å². The van der Waals surface area contributed by atoms with Crippen molar-refractivity contribution in [3.63, 3.8) is 0 Å². The number of hydrogen-bond donors (Lipinski definition) is 0. The Hall–Kier alpha value is -3.10. The van der Waals surface area contributed by atoms with Gasteiger partial charge in [0.2, 0.25) is 0 Å². The van der Waals surface area contributed by atoms with Gasteiger partial charge in [-0.2, -0.15) is 5.10 Å². The third kappa shape index (κ3) is 5.03. The minimum atomic E-state index is 0.134. The third-order valence-electron chi connectivity index (χ3n) is 6.24. The van der Waals surface area contributed by atoms with Gasteiger partial charge in [0.15, 0.2) is 11.4 Å². The lowest BCUT2D eigenvalue weighted by atomic mass is 10.0. The van der Waals surface area contributed by atoms with Gasteiger partial charge in [-0.25, -0.2) is 14.5 Å². The fourth-order valence-electron chi connectivity index (χ4n) is 4.17. The van der Waals surface area contributed by atoms with E-state index in [-0.39, 0.29) is 5.78 Å². The predicted octanol–water partition coefficient (Wildman–Crippen LogP) is 5.28. The number of Topliss-reactive ketones (excluding diaryl/α,β-unsaturated/α-hetero) is 1. The zero-order valence-electron chi connectivity index (χ0n) is 20.5. The van der Waals surface area contributed by atoms with Crippen LogP contribution in [0.5, 0.6) is 0 Å². The first-order valence-corrected chi connectivity index (χ1v) is 12.6. The molecule has 0 bridgehead atoms. The number of aromatic nitrogens is 4. The Labute approximate surface area is 205 Å². The number of thiophene rings is 1. The van der Waals surface area contributed by atoms with E-state index in [0.29, 0.717) is 23.7 Å². The molecule has 7 nitrogen and oxygen atoms in total. The average molecular weight is 477 g/mol. The monoisotopic (exact) mass is 476 g/mol. The van der Waals surface area contributed by atoms with Crippen LogP contribution in [0.3, 0.4) is 0 Å². The van der Waals surface area contributed by atoms with Gasteiger partial charge in [-0.15, -0.1) is 11.3 Å². The Balaban J connectivity index is 1.68. The van der Waals surface area contributed by atoms with Crippen LogP contribution in [-0.4, -0.2) is 63.5 Å². The Morgan fingerprint density at radius 1 is 1.12 bits per heavy atom. The van der Waals surface area contributed by atoms with E-state index in [2.05, 4.69) is 36.8 Å². The van der Waals surface area contributed by atoms with Crippen molar-refractivity contribution in [2.75, 3.05) is 32.1 Å². The summed E-state index contributed by atoms with van der Waals surface area (Å²) in [6.45, 7) is 8.50. The Morgan fingerprint density at radius 2 is 1.91 bits per heavy atom. The number of anilines is 1. The maximum Gasteiger partial charge on any atom is 0.165 e. The molecule has 4 heterocycles. The first-order valence-electron chi connectivity index (χ1n) is 11.8. The smallest absolute Gasteiger partial charge is 0.165 e. The van der Waals surface area contributed by atoms with Crippen LogP contribution in [0.15, 0.2) is 48.1 Å². The Morgan fingerprint density at radius 3 is 2.59 bits per heavy atom. The molecule has 0 saturated carbocycles. The highest BCUT2D eigenvalue weighted by molar-refractivity contribution is 7.13. The summed E-state index contributed by atoms with van der Waals surface area (Å²) in [5.41, 5.74) is 3.82. The number of ketones is 1. The predicted molar refractivity (Wildman–Crippen MR) is 140 cm³/mol. The van der Waals surface area contributed by atoms with E-state index in [1.165, 1.54) is 0 Å². The lowest BCUT2D eigenvalue weighted by Gasteiger charge is -2.26. The molecule has 4 rings (SSSR count). The average Bonchev–Trinajstić information content (AvgIpc) is 3.52. The molecular weight excluding hydrogens is 444 g/mol. The standard InChI is InChI=1S/C26H32N6OS/c1-6-31(7-2)18(3)10-11-23(33)19-15-22(28-25(16-19)30(4)5)20-17-27-32-13-12-21(29-26(20)32)24-9-8-14-34-24/h8-9,12-18H,6-7,10-11H2,1-5H3/t18-/m0/s1. The van der Waals surface area contributed by atoms with Crippen LogP contribution in [0.4, 0.5) is 5.82 Å². The van der Waals surface area contributed by atoms with Crippen LogP contribution < -0.4 is 4.90 Å². The first-order chi connectivity index (χ1) is 16.4. The van der Waals surface area contributed by atoms with E-state index in [0.717, 1.165) is 47.1 Å². The van der Waals surface area contributed by atoms with Crippen molar-refractivity contribution in [1.29, 1.82) is 0 Å². The number of carbonyl (C=O) groups excluding carboxylic acids is 1. The number of rotatable bonds is 10. The van der Waals surface area contributed by atoms with Gasteiger partial charge < -0.3 is 9.80 Å². The van der Waals surface area contributed by atoms with Gasteiger partial charge in [-0.3, -0.25) is 4.79 Å². The molecule has 0 aliphatic rings. The third-order valence-corrected chi connectivity index (χ3v) is 7.13. The zero-order chi connectivity index (χ0) is 24.2. The fourth-order valence-corrected chi connectivity index (χ4v) is 4.86. The maximum atomic E-state index is 13.2. The molecule has 8 heteroatoms. The highest BCUT2D eigenvalue weighted by Gasteiger charge is 2.18. The minimum absolute atomic E-state index is 0.134. The SMILES string of the molecule is CCN(CC)[C@@H](C)CCC(=O)c1cc(-c2cnn3ccc(-c4cccs4)nc23)nc(N(C)C)c1. The molecule has 0 aliphatic heterocycles. The maximum absolute atomic E-state index is 13.2.